The lowest BCUT2D eigenvalue weighted by Gasteiger charge is -2.23. The summed E-state index contributed by atoms with van der Waals surface area (Å²) in [6.45, 7) is 13.5. The van der Waals surface area contributed by atoms with E-state index in [1.54, 1.807) is 27.7 Å². The summed E-state index contributed by atoms with van der Waals surface area (Å²) in [5.41, 5.74) is 5.00. The Labute approximate surface area is 164 Å². The molecule has 1 aromatic rings. The van der Waals surface area contributed by atoms with Gasteiger partial charge in [-0.05, 0) is 115 Å². The summed E-state index contributed by atoms with van der Waals surface area (Å²) >= 11 is 0. The van der Waals surface area contributed by atoms with Crippen molar-refractivity contribution in [3.8, 4) is 0 Å². The van der Waals surface area contributed by atoms with Gasteiger partial charge in [0.25, 0.3) is 0 Å². The van der Waals surface area contributed by atoms with E-state index in [9.17, 15) is 19.8 Å². The highest BCUT2D eigenvalue weighted by molar-refractivity contribution is 5.73. The Morgan fingerprint density at radius 2 is 1.19 bits per heavy atom. The Kier molecular flexibility index (Phi) is 7.65. The molecule has 0 spiro atoms. The van der Waals surface area contributed by atoms with Gasteiger partial charge in [-0.1, -0.05) is 6.07 Å². The average molecular weight is 377 g/mol. The summed E-state index contributed by atoms with van der Waals surface area (Å²) in [6.07, 6.45) is 4.66. The maximum atomic E-state index is 11.3. The Balaban J connectivity index is 2.96. The number of carbonyl (C=O) groups is 2. The van der Waals surface area contributed by atoms with Crippen LogP contribution in [0.25, 0.3) is 0 Å². The smallest absolute Gasteiger partial charge is 0.309 e. The highest BCUT2D eigenvalue weighted by Gasteiger charge is 2.28. The number of hydrogen-bond donors (Lipinski definition) is 2. The minimum absolute atomic E-state index is 0.639. The monoisotopic (exact) mass is 376 g/mol. The van der Waals surface area contributed by atoms with Crippen LogP contribution in [0.1, 0.15) is 81.2 Å². The van der Waals surface area contributed by atoms with Crippen molar-refractivity contribution in [2.75, 3.05) is 0 Å². The predicted molar refractivity (Wildman–Crippen MR) is 109 cm³/mol. The minimum atomic E-state index is -0.754. The molecule has 0 unspecified atom stereocenters. The normalized spacial score (nSPS) is 12.3. The number of carboxylic acid groups (broad SMARTS) is 2. The van der Waals surface area contributed by atoms with Gasteiger partial charge in [0.05, 0.1) is 10.8 Å². The van der Waals surface area contributed by atoms with Gasteiger partial charge >= 0.3 is 11.9 Å². The summed E-state index contributed by atoms with van der Waals surface area (Å²) in [5.74, 6) is -1.51. The fourth-order valence-corrected chi connectivity index (χ4v) is 3.54. The second kappa shape index (κ2) is 8.90. The zero-order valence-corrected chi connectivity index (χ0v) is 18.0. The maximum Gasteiger partial charge on any atom is 0.309 e. The third-order valence-corrected chi connectivity index (χ3v) is 5.93. The molecular formula is C23H36O4. The summed E-state index contributed by atoms with van der Waals surface area (Å²) < 4.78 is 0. The largest absolute Gasteiger partial charge is 0.481 e. The zero-order chi connectivity index (χ0) is 21.0. The van der Waals surface area contributed by atoms with Crippen LogP contribution >= 0.6 is 0 Å². The van der Waals surface area contributed by atoms with Gasteiger partial charge in [-0.15, -0.1) is 0 Å². The molecule has 0 bridgehead atoms. The molecule has 0 amide bonds. The van der Waals surface area contributed by atoms with Gasteiger partial charge in [0.1, 0.15) is 0 Å². The van der Waals surface area contributed by atoms with Gasteiger partial charge in [-0.25, -0.2) is 0 Å². The van der Waals surface area contributed by atoms with Gasteiger partial charge in [0.15, 0.2) is 0 Å². The molecule has 0 radical (unpaired) electrons. The predicted octanol–water partition coefficient (Wildman–Crippen LogP) is 5.48. The first-order valence-electron chi connectivity index (χ1n) is 9.85. The van der Waals surface area contributed by atoms with E-state index >= 15 is 0 Å². The first kappa shape index (κ1) is 23.2. The van der Waals surface area contributed by atoms with Crippen LogP contribution in [-0.2, 0) is 22.4 Å². The molecule has 0 aliphatic heterocycles. The van der Waals surface area contributed by atoms with Gasteiger partial charge < -0.3 is 10.2 Å². The van der Waals surface area contributed by atoms with Crippen molar-refractivity contribution in [1.29, 1.82) is 0 Å². The fraction of sp³-hybridized carbons (Fsp3) is 0.652. The van der Waals surface area contributed by atoms with Gasteiger partial charge in [-0.3, -0.25) is 9.59 Å². The lowest BCUT2D eigenvalue weighted by Crippen LogP contribution is -2.24. The van der Waals surface area contributed by atoms with E-state index in [4.69, 9.17) is 0 Å². The molecule has 0 aliphatic carbocycles. The molecule has 2 N–H and O–H groups in total. The number of hydrogen-bond acceptors (Lipinski definition) is 2. The summed E-state index contributed by atoms with van der Waals surface area (Å²) in [7, 11) is 0. The number of carboxylic acids is 2. The van der Waals surface area contributed by atoms with Crippen LogP contribution in [0.4, 0.5) is 0 Å². The summed E-state index contributed by atoms with van der Waals surface area (Å²) in [5, 5.41) is 18.6. The topological polar surface area (TPSA) is 74.6 Å². The van der Waals surface area contributed by atoms with Crippen molar-refractivity contribution >= 4 is 11.9 Å². The molecule has 0 aliphatic rings. The van der Waals surface area contributed by atoms with Crippen LogP contribution in [0.5, 0.6) is 0 Å². The lowest BCUT2D eigenvalue weighted by atomic mass is 9.82. The number of aliphatic carboxylic acids is 2. The molecule has 0 saturated heterocycles. The molecular weight excluding hydrogens is 340 g/mol. The van der Waals surface area contributed by atoms with Crippen LogP contribution in [0.3, 0.4) is 0 Å². The quantitative estimate of drug-likeness (QED) is 0.567. The molecule has 4 heteroatoms. The number of aryl methyl sites for hydroxylation is 2. The van der Waals surface area contributed by atoms with E-state index in [0.29, 0.717) is 12.8 Å². The summed E-state index contributed by atoms with van der Waals surface area (Å²) in [4.78, 5) is 22.7. The van der Waals surface area contributed by atoms with Crippen LogP contribution in [-0.4, -0.2) is 22.2 Å². The molecule has 0 heterocycles. The Bertz CT molecular complexity index is 699. The molecule has 0 saturated carbocycles. The van der Waals surface area contributed by atoms with Gasteiger partial charge in [0, 0.05) is 0 Å². The number of benzene rings is 1. The van der Waals surface area contributed by atoms with Crippen LogP contribution in [0.15, 0.2) is 6.07 Å². The summed E-state index contributed by atoms with van der Waals surface area (Å²) in [6, 6.07) is 2.21. The van der Waals surface area contributed by atoms with Crippen LogP contribution < -0.4 is 0 Å². The van der Waals surface area contributed by atoms with E-state index in [1.807, 2.05) is 0 Å². The third kappa shape index (κ3) is 6.08. The molecule has 4 nitrogen and oxygen atoms in total. The van der Waals surface area contributed by atoms with Crippen molar-refractivity contribution in [1.82, 2.24) is 0 Å². The Morgan fingerprint density at radius 1 is 0.778 bits per heavy atom. The first-order valence-corrected chi connectivity index (χ1v) is 9.85. The third-order valence-electron chi connectivity index (χ3n) is 5.93. The number of rotatable bonds is 10. The van der Waals surface area contributed by atoms with Crippen LogP contribution in [0.2, 0.25) is 0 Å². The highest BCUT2D eigenvalue weighted by atomic mass is 16.4. The van der Waals surface area contributed by atoms with E-state index < -0.39 is 22.8 Å². The fourth-order valence-electron chi connectivity index (χ4n) is 3.54. The Morgan fingerprint density at radius 3 is 1.59 bits per heavy atom. The molecule has 152 valence electrons. The van der Waals surface area contributed by atoms with Crippen molar-refractivity contribution < 1.29 is 19.8 Å². The molecule has 0 fully saturated rings. The van der Waals surface area contributed by atoms with Gasteiger partial charge in [0.2, 0.25) is 0 Å². The van der Waals surface area contributed by atoms with Crippen molar-refractivity contribution in [3.63, 3.8) is 0 Å². The van der Waals surface area contributed by atoms with Crippen molar-refractivity contribution in [2.45, 2.75) is 87.0 Å². The molecule has 27 heavy (non-hydrogen) atoms. The SMILES string of the molecule is Cc1cc(C)c(CCCC(C)(C)C(=O)O)c(CCCC(C)(C)C(=O)O)c1C. The molecule has 0 aromatic heterocycles. The van der Waals surface area contributed by atoms with Crippen molar-refractivity contribution in [3.05, 3.63) is 33.9 Å². The lowest BCUT2D eigenvalue weighted by molar-refractivity contribution is -0.148. The second-order valence-corrected chi connectivity index (χ2v) is 9.18. The van der Waals surface area contributed by atoms with Crippen LogP contribution in [0, 0.1) is 31.6 Å². The van der Waals surface area contributed by atoms with E-state index in [2.05, 4.69) is 26.8 Å². The maximum absolute atomic E-state index is 11.3. The zero-order valence-electron chi connectivity index (χ0n) is 18.0. The molecule has 0 atom stereocenters. The highest BCUT2D eigenvalue weighted by Crippen LogP contribution is 2.30. The minimum Gasteiger partial charge on any atom is -0.481 e. The van der Waals surface area contributed by atoms with Gasteiger partial charge in [-0.2, -0.15) is 0 Å². The molecule has 1 aromatic carbocycles. The standard InChI is InChI=1S/C23H36O4/c1-15-14-16(2)18(10-8-12-22(4,5)20(24)25)19(17(15)3)11-9-13-23(6,7)21(26)27/h14H,8-13H2,1-7H3,(H,24,25)(H,26,27). The van der Waals surface area contributed by atoms with Crippen molar-refractivity contribution in [2.24, 2.45) is 10.8 Å². The van der Waals surface area contributed by atoms with E-state index in [-0.39, 0.29) is 0 Å². The first-order chi connectivity index (χ1) is 12.3. The molecule has 1 rings (SSSR count). The average Bonchev–Trinajstić information content (AvgIpc) is 2.54. The Hall–Kier alpha value is -1.84. The van der Waals surface area contributed by atoms with E-state index in [1.165, 1.54) is 27.8 Å². The second-order valence-electron chi connectivity index (χ2n) is 9.18. The van der Waals surface area contributed by atoms with E-state index in [0.717, 1.165) is 25.7 Å².